The first-order chi connectivity index (χ1) is 15.1. The molecule has 1 heterocycles. The van der Waals surface area contributed by atoms with Crippen LogP contribution in [0.1, 0.15) is 34.1 Å². The first-order valence-electron chi connectivity index (χ1n) is 9.90. The van der Waals surface area contributed by atoms with Gasteiger partial charge in [-0.25, -0.2) is 13.5 Å². The Morgan fingerprint density at radius 1 is 1.09 bits per heavy atom. The Morgan fingerprint density at radius 2 is 1.81 bits per heavy atom. The predicted octanol–water partition coefficient (Wildman–Crippen LogP) is 3.88. The molecule has 1 atom stereocenters. The van der Waals surface area contributed by atoms with Crippen LogP contribution in [0.2, 0.25) is 5.02 Å². The molecule has 0 fully saturated rings. The monoisotopic (exact) mass is 460 g/mol. The maximum Gasteiger partial charge on any atom is 0.246 e. The van der Waals surface area contributed by atoms with Gasteiger partial charge >= 0.3 is 0 Å². The third-order valence-corrected chi connectivity index (χ3v) is 5.68. The lowest BCUT2D eigenvalue weighted by Crippen LogP contribution is -2.39. The third-order valence-electron chi connectivity index (χ3n) is 5.27. The number of nitrogens with zero attached hydrogens (tertiary/aromatic N) is 2. The molecule has 0 aliphatic rings. The van der Waals surface area contributed by atoms with E-state index in [-0.39, 0.29) is 12.0 Å². The molecule has 1 unspecified atom stereocenters. The number of likely N-dealkylation sites (N-methyl/N-ethyl adjacent to an activating group) is 1. The Kier molecular flexibility index (Phi) is 6.93. The Morgan fingerprint density at radius 3 is 2.44 bits per heavy atom. The van der Waals surface area contributed by atoms with Crippen LogP contribution in [0.15, 0.2) is 36.4 Å². The second-order valence-corrected chi connectivity index (χ2v) is 7.87. The van der Waals surface area contributed by atoms with Crippen LogP contribution in [-0.2, 0) is 16.0 Å². The zero-order chi connectivity index (χ0) is 23.6. The Hall–Kier alpha value is -3.26. The molecule has 2 aromatic carbocycles. The molecular formula is C23H23ClF2N4O2. The quantitative estimate of drug-likeness (QED) is 0.586. The van der Waals surface area contributed by atoms with E-state index in [1.54, 1.807) is 17.7 Å². The van der Waals surface area contributed by atoms with Crippen LogP contribution in [0.25, 0.3) is 5.69 Å². The third kappa shape index (κ3) is 4.80. The number of carbonyl (C=O) groups excluding carboxylic acids is 2. The Balaban J connectivity index is 1.85. The molecule has 0 aliphatic carbocycles. The zero-order valence-electron chi connectivity index (χ0n) is 18.1. The molecule has 1 aromatic heterocycles. The van der Waals surface area contributed by atoms with Crippen molar-refractivity contribution in [2.45, 2.75) is 33.2 Å². The topological polar surface area (TPSA) is 76.0 Å². The van der Waals surface area contributed by atoms with Gasteiger partial charge in [-0.2, -0.15) is 5.10 Å². The summed E-state index contributed by atoms with van der Waals surface area (Å²) in [4.78, 5) is 25.1. The van der Waals surface area contributed by atoms with E-state index < -0.39 is 29.5 Å². The molecule has 2 N–H and O–H groups in total. The summed E-state index contributed by atoms with van der Waals surface area (Å²) in [5.41, 5.74) is 3.93. The van der Waals surface area contributed by atoms with Gasteiger partial charge in [-0.3, -0.25) is 9.59 Å². The molecule has 9 heteroatoms. The van der Waals surface area contributed by atoms with Gasteiger partial charge in [0.2, 0.25) is 11.8 Å². The number of aromatic nitrogens is 2. The van der Waals surface area contributed by atoms with Crippen molar-refractivity contribution in [3.05, 3.63) is 81.1 Å². The predicted molar refractivity (Wildman–Crippen MR) is 118 cm³/mol. The van der Waals surface area contributed by atoms with E-state index in [9.17, 15) is 18.4 Å². The highest BCUT2D eigenvalue weighted by molar-refractivity contribution is 6.31. The molecule has 168 valence electrons. The number of carbonyl (C=O) groups is 2. The molecule has 0 spiro atoms. The summed E-state index contributed by atoms with van der Waals surface area (Å²) >= 11 is 6.23. The number of aryl methyl sites for hydroxylation is 2. The molecular weight excluding hydrogens is 438 g/mol. The van der Waals surface area contributed by atoms with Crippen molar-refractivity contribution >= 4 is 23.4 Å². The minimum atomic E-state index is -1.17. The van der Waals surface area contributed by atoms with Gasteiger partial charge in [0.15, 0.2) is 11.6 Å². The molecule has 0 bridgehead atoms. The molecule has 0 radical (unpaired) electrons. The van der Waals surface area contributed by atoms with Crippen LogP contribution >= 0.6 is 11.6 Å². The summed E-state index contributed by atoms with van der Waals surface area (Å²) in [7, 11) is 1.40. The van der Waals surface area contributed by atoms with E-state index in [2.05, 4.69) is 15.7 Å². The van der Waals surface area contributed by atoms with Gasteiger partial charge in [0, 0.05) is 23.3 Å². The number of hydrogen-bond donors (Lipinski definition) is 2. The van der Waals surface area contributed by atoms with E-state index >= 15 is 0 Å². The molecule has 32 heavy (non-hydrogen) atoms. The van der Waals surface area contributed by atoms with Crippen LogP contribution in [-0.4, -0.2) is 28.6 Å². The van der Waals surface area contributed by atoms with Crippen LogP contribution in [0.5, 0.6) is 0 Å². The van der Waals surface area contributed by atoms with Gasteiger partial charge in [0.25, 0.3) is 0 Å². The molecule has 0 aliphatic heterocycles. The van der Waals surface area contributed by atoms with Crippen LogP contribution in [0, 0.1) is 32.4 Å². The van der Waals surface area contributed by atoms with Crippen molar-refractivity contribution in [1.29, 1.82) is 0 Å². The Bertz CT molecular complexity index is 1190. The summed E-state index contributed by atoms with van der Waals surface area (Å²) in [6.45, 7) is 5.52. The molecule has 0 saturated carbocycles. The SMILES string of the molecule is CNC(=O)C(NC(=O)Cc1c(C)nn(-c2ccc(C)c(Cl)c2)c1C)c1ccc(F)c(F)c1. The van der Waals surface area contributed by atoms with Crippen molar-refractivity contribution in [2.75, 3.05) is 7.05 Å². The minimum absolute atomic E-state index is 0.0472. The van der Waals surface area contributed by atoms with Crippen molar-refractivity contribution in [2.24, 2.45) is 0 Å². The highest BCUT2D eigenvalue weighted by Gasteiger charge is 2.24. The number of nitrogens with one attached hydrogen (secondary N) is 2. The average molecular weight is 461 g/mol. The fraction of sp³-hybridized carbons (Fsp3) is 0.261. The van der Waals surface area contributed by atoms with Gasteiger partial charge in [-0.1, -0.05) is 23.7 Å². The second kappa shape index (κ2) is 9.48. The lowest BCUT2D eigenvalue weighted by molar-refractivity contribution is -0.128. The van der Waals surface area contributed by atoms with E-state index in [1.807, 2.05) is 26.0 Å². The summed E-state index contributed by atoms with van der Waals surface area (Å²) < 4.78 is 28.7. The first kappa shape index (κ1) is 23.4. The van der Waals surface area contributed by atoms with Crippen LogP contribution in [0.3, 0.4) is 0 Å². The standard InChI is InChI=1S/C23H23ClF2N4O2/c1-12-5-7-16(10-18(12)24)30-14(3)17(13(2)29-30)11-21(31)28-22(23(32)27-4)15-6-8-19(25)20(26)9-15/h5-10,22H,11H2,1-4H3,(H,27,32)(H,28,31). The molecule has 3 rings (SSSR count). The van der Waals surface area contributed by atoms with Crippen LogP contribution < -0.4 is 10.6 Å². The summed E-state index contributed by atoms with van der Waals surface area (Å²) in [5, 5.41) is 10.2. The maximum atomic E-state index is 13.7. The van der Waals surface area contributed by atoms with Gasteiger partial charge in [-0.05, 0) is 56.2 Å². The molecule has 2 amide bonds. The molecule has 0 saturated heterocycles. The fourth-order valence-electron chi connectivity index (χ4n) is 3.40. The van der Waals surface area contributed by atoms with Crippen molar-refractivity contribution in [3.8, 4) is 5.69 Å². The summed E-state index contributed by atoms with van der Waals surface area (Å²) in [6.07, 6.45) is -0.0472. The average Bonchev–Trinajstić information content (AvgIpc) is 3.03. The lowest BCUT2D eigenvalue weighted by Gasteiger charge is -2.18. The number of hydrogen-bond acceptors (Lipinski definition) is 3. The van der Waals surface area contributed by atoms with Gasteiger partial charge < -0.3 is 10.6 Å². The highest BCUT2D eigenvalue weighted by Crippen LogP contribution is 2.23. The van der Waals surface area contributed by atoms with Gasteiger partial charge in [0.05, 0.1) is 17.8 Å². The smallest absolute Gasteiger partial charge is 0.246 e. The summed E-state index contributed by atoms with van der Waals surface area (Å²) in [6, 6.07) is 7.46. The van der Waals surface area contributed by atoms with Crippen molar-refractivity contribution < 1.29 is 18.4 Å². The fourth-order valence-corrected chi connectivity index (χ4v) is 3.58. The number of halogens is 3. The summed E-state index contributed by atoms with van der Waals surface area (Å²) in [5.74, 6) is -3.15. The maximum absolute atomic E-state index is 13.7. The number of benzene rings is 2. The second-order valence-electron chi connectivity index (χ2n) is 7.46. The van der Waals surface area contributed by atoms with E-state index in [0.29, 0.717) is 16.3 Å². The minimum Gasteiger partial charge on any atom is -0.357 e. The van der Waals surface area contributed by atoms with Crippen molar-refractivity contribution in [3.63, 3.8) is 0 Å². The lowest BCUT2D eigenvalue weighted by atomic mass is 10.0. The van der Waals surface area contributed by atoms with E-state index in [1.165, 1.54) is 13.1 Å². The van der Waals surface area contributed by atoms with Gasteiger partial charge in [-0.15, -0.1) is 0 Å². The van der Waals surface area contributed by atoms with E-state index in [0.717, 1.165) is 29.1 Å². The largest absolute Gasteiger partial charge is 0.357 e. The van der Waals surface area contributed by atoms with Crippen LogP contribution in [0.4, 0.5) is 8.78 Å². The number of amides is 2. The Labute approximate surface area is 189 Å². The van der Waals surface area contributed by atoms with Crippen molar-refractivity contribution in [1.82, 2.24) is 20.4 Å². The molecule has 3 aromatic rings. The zero-order valence-corrected chi connectivity index (χ0v) is 18.8. The first-order valence-corrected chi connectivity index (χ1v) is 10.3. The normalized spacial score (nSPS) is 11.8. The van der Waals surface area contributed by atoms with Gasteiger partial charge in [0.1, 0.15) is 6.04 Å². The highest BCUT2D eigenvalue weighted by atomic mass is 35.5. The van der Waals surface area contributed by atoms with E-state index in [4.69, 9.17) is 11.6 Å². The number of rotatable bonds is 6. The molecule has 6 nitrogen and oxygen atoms in total.